The standard InChI is InChI=1S/C15H13BrF3N3/c1-22-8-13(14(21-22)15(17,18)19)12-5-9(6-16)4-10-7-20-3-2-11(10)12/h4-5,7-8H,2-3,6H2,1H3. The van der Waals surface area contributed by atoms with E-state index in [1.54, 1.807) is 12.3 Å². The Morgan fingerprint density at radius 2 is 2.05 bits per heavy atom. The summed E-state index contributed by atoms with van der Waals surface area (Å²) in [6.45, 7) is 0.593. The summed E-state index contributed by atoms with van der Waals surface area (Å²) in [5.41, 5.74) is 2.58. The molecule has 0 spiro atoms. The van der Waals surface area contributed by atoms with Crippen LogP contribution >= 0.6 is 15.9 Å². The van der Waals surface area contributed by atoms with Crippen LogP contribution in [-0.4, -0.2) is 22.5 Å². The molecule has 3 nitrogen and oxygen atoms in total. The fourth-order valence-electron chi connectivity index (χ4n) is 2.70. The number of aliphatic imine (C=N–C) groups is 1. The first-order valence-electron chi connectivity index (χ1n) is 6.73. The molecular formula is C15H13BrF3N3. The molecular weight excluding hydrogens is 359 g/mol. The Labute approximate surface area is 134 Å². The van der Waals surface area contributed by atoms with E-state index < -0.39 is 11.9 Å². The summed E-state index contributed by atoms with van der Waals surface area (Å²) in [5.74, 6) is 0. The van der Waals surface area contributed by atoms with Crippen molar-refractivity contribution in [1.82, 2.24) is 9.78 Å². The Morgan fingerprint density at radius 3 is 2.73 bits per heavy atom. The molecule has 0 radical (unpaired) electrons. The van der Waals surface area contributed by atoms with E-state index in [0.29, 0.717) is 23.9 Å². The molecule has 22 heavy (non-hydrogen) atoms. The van der Waals surface area contributed by atoms with E-state index in [4.69, 9.17) is 0 Å². The fourth-order valence-corrected chi connectivity index (χ4v) is 3.03. The Bertz CT molecular complexity index is 747. The third-order valence-corrected chi connectivity index (χ3v) is 4.25. The fraction of sp³-hybridized carbons (Fsp3) is 0.333. The van der Waals surface area contributed by atoms with Gasteiger partial charge in [0.25, 0.3) is 0 Å². The van der Waals surface area contributed by atoms with Crippen LogP contribution in [0.3, 0.4) is 0 Å². The molecule has 0 fully saturated rings. The molecule has 0 N–H and O–H groups in total. The first-order valence-corrected chi connectivity index (χ1v) is 7.85. The zero-order valence-electron chi connectivity index (χ0n) is 11.8. The first-order chi connectivity index (χ1) is 10.4. The van der Waals surface area contributed by atoms with E-state index in [2.05, 4.69) is 26.0 Å². The van der Waals surface area contributed by atoms with Crippen molar-refractivity contribution in [2.75, 3.05) is 6.54 Å². The zero-order valence-corrected chi connectivity index (χ0v) is 13.4. The van der Waals surface area contributed by atoms with Crippen LogP contribution in [0, 0.1) is 0 Å². The minimum atomic E-state index is -4.48. The van der Waals surface area contributed by atoms with Crippen molar-refractivity contribution in [1.29, 1.82) is 0 Å². The molecule has 7 heteroatoms. The summed E-state index contributed by atoms with van der Waals surface area (Å²) >= 11 is 3.37. The molecule has 0 atom stereocenters. The lowest BCUT2D eigenvalue weighted by atomic mass is 9.90. The van der Waals surface area contributed by atoms with Crippen LogP contribution in [0.4, 0.5) is 13.2 Å². The van der Waals surface area contributed by atoms with Crippen LogP contribution < -0.4 is 0 Å². The SMILES string of the molecule is Cn1cc(-c2cc(CBr)cc3c2CCN=C3)c(C(F)(F)F)n1. The Hall–Kier alpha value is -1.63. The number of aryl methyl sites for hydroxylation is 1. The molecule has 0 bridgehead atoms. The number of fused-ring (bicyclic) bond motifs is 1. The highest BCUT2D eigenvalue weighted by Crippen LogP contribution is 2.39. The van der Waals surface area contributed by atoms with Gasteiger partial charge in [-0.2, -0.15) is 18.3 Å². The summed E-state index contributed by atoms with van der Waals surface area (Å²) in [7, 11) is 1.50. The van der Waals surface area contributed by atoms with Gasteiger partial charge >= 0.3 is 6.18 Å². The van der Waals surface area contributed by atoms with Crippen molar-refractivity contribution < 1.29 is 13.2 Å². The molecule has 1 aliphatic heterocycles. The summed E-state index contributed by atoms with van der Waals surface area (Å²) in [5, 5.41) is 4.18. The third-order valence-electron chi connectivity index (χ3n) is 3.61. The molecule has 1 aromatic carbocycles. The highest BCUT2D eigenvalue weighted by atomic mass is 79.9. The average molecular weight is 372 g/mol. The lowest BCUT2D eigenvalue weighted by Crippen LogP contribution is -2.10. The van der Waals surface area contributed by atoms with Crippen LogP contribution in [0.2, 0.25) is 0 Å². The molecule has 2 aromatic rings. The van der Waals surface area contributed by atoms with Gasteiger partial charge in [-0.1, -0.05) is 15.9 Å². The van der Waals surface area contributed by atoms with E-state index >= 15 is 0 Å². The predicted molar refractivity (Wildman–Crippen MR) is 82.4 cm³/mol. The van der Waals surface area contributed by atoms with Crippen LogP contribution in [-0.2, 0) is 25.0 Å². The van der Waals surface area contributed by atoms with E-state index in [1.807, 2.05) is 6.07 Å². The Balaban J connectivity index is 2.27. The second kappa shape index (κ2) is 5.53. The maximum Gasteiger partial charge on any atom is 0.435 e. The summed E-state index contributed by atoms with van der Waals surface area (Å²) in [6.07, 6.45) is -0.674. The molecule has 0 unspecified atom stereocenters. The molecule has 3 rings (SSSR count). The summed E-state index contributed by atoms with van der Waals surface area (Å²) in [4.78, 5) is 4.22. The highest BCUT2D eigenvalue weighted by molar-refractivity contribution is 9.08. The molecule has 0 amide bonds. The van der Waals surface area contributed by atoms with Crippen LogP contribution in [0.25, 0.3) is 11.1 Å². The highest BCUT2D eigenvalue weighted by Gasteiger charge is 2.38. The quantitative estimate of drug-likeness (QED) is 0.734. The van der Waals surface area contributed by atoms with Gasteiger partial charge in [0.2, 0.25) is 0 Å². The van der Waals surface area contributed by atoms with E-state index in [0.717, 1.165) is 16.7 Å². The zero-order chi connectivity index (χ0) is 15.9. The minimum absolute atomic E-state index is 0.129. The average Bonchev–Trinajstić information content (AvgIpc) is 2.88. The number of halogens is 4. The van der Waals surface area contributed by atoms with Crippen molar-refractivity contribution in [2.24, 2.45) is 12.0 Å². The van der Waals surface area contributed by atoms with Gasteiger partial charge in [0, 0.05) is 36.9 Å². The van der Waals surface area contributed by atoms with Crippen molar-refractivity contribution in [3.63, 3.8) is 0 Å². The second-order valence-corrected chi connectivity index (χ2v) is 5.75. The topological polar surface area (TPSA) is 30.2 Å². The molecule has 1 aliphatic rings. The first kappa shape index (κ1) is 15.3. The van der Waals surface area contributed by atoms with E-state index in [9.17, 15) is 13.2 Å². The van der Waals surface area contributed by atoms with Gasteiger partial charge in [-0.3, -0.25) is 9.67 Å². The number of alkyl halides is 4. The van der Waals surface area contributed by atoms with Crippen LogP contribution in [0.5, 0.6) is 0 Å². The Morgan fingerprint density at radius 1 is 1.27 bits per heavy atom. The van der Waals surface area contributed by atoms with Gasteiger partial charge in [-0.15, -0.1) is 0 Å². The van der Waals surface area contributed by atoms with Gasteiger partial charge in [0.15, 0.2) is 5.69 Å². The predicted octanol–water partition coefficient (Wildman–Crippen LogP) is 3.98. The number of nitrogens with zero attached hydrogens (tertiary/aromatic N) is 3. The van der Waals surface area contributed by atoms with Gasteiger partial charge in [0.05, 0.1) is 0 Å². The maximum absolute atomic E-state index is 13.3. The van der Waals surface area contributed by atoms with Gasteiger partial charge in [0.1, 0.15) is 0 Å². The van der Waals surface area contributed by atoms with Crippen molar-refractivity contribution in [3.05, 3.63) is 40.7 Å². The molecule has 2 heterocycles. The lowest BCUT2D eigenvalue weighted by Gasteiger charge is -2.17. The number of aromatic nitrogens is 2. The molecule has 0 saturated heterocycles. The largest absolute Gasteiger partial charge is 0.435 e. The van der Waals surface area contributed by atoms with Crippen molar-refractivity contribution in [2.45, 2.75) is 17.9 Å². The summed E-state index contributed by atoms with van der Waals surface area (Å²) in [6, 6.07) is 3.76. The smallest absolute Gasteiger partial charge is 0.292 e. The lowest BCUT2D eigenvalue weighted by molar-refractivity contribution is -0.140. The molecule has 0 saturated carbocycles. The molecule has 0 aliphatic carbocycles. The monoisotopic (exact) mass is 371 g/mol. The van der Waals surface area contributed by atoms with Crippen molar-refractivity contribution >= 4 is 22.1 Å². The Kier molecular flexibility index (Phi) is 3.84. The molecule has 116 valence electrons. The van der Waals surface area contributed by atoms with Crippen LogP contribution in [0.15, 0.2) is 23.3 Å². The second-order valence-electron chi connectivity index (χ2n) is 5.19. The minimum Gasteiger partial charge on any atom is -0.292 e. The van der Waals surface area contributed by atoms with Gasteiger partial charge in [-0.05, 0) is 40.8 Å². The number of hydrogen-bond acceptors (Lipinski definition) is 2. The third kappa shape index (κ3) is 2.69. The molecule has 1 aromatic heterocycles. The number of hydrogen-bond donors (Lipinski definition) is 0. The normalized spacial score (nSPS) is 14.2. The van der Waals surface area contributed by atoms with E-state index in [-0.39, 0.29) is 5.56 Å². The number of benzene rings is 1. The van der Waals surface area contributed by atoms with E-state index in [1.165, 1.54) is 17.9 Å². The van der Waals surface area contributed by atoms with Gasteiger partial charge < -0.3 is 0 Å². The maximum atomic E-state index is 13.3. The summed E-state index contributed by atoms with van der Waals surface area (Å²) < 4.78 is 41.0. The number of rotatable bonds is 2. The van der Waals surface area contributed by atoms with Gasteiger partial charge in [-0.25, -0.2) is 0 Å². The van der Waals surface area contributed by atoms with Crippen molar-refractivity contribution in [3.8, 4) is 11.1 Å². The van der Waals surface area contributed by atoms with Crippen LogP contribution in [0.1, 0.15) is 22.4 Å².